The molecule has 0 heterocycles. The molecule has 17 heavy (non-hydrogen) atoms. The van der Waals surface area contributed by atoms with Crippen LogP contribution in [0.15, 0.2) is 0 Å². The Morgan fingerprint density at radius 1 is 0.765 bits per heavy atom. The van der Waals surface area contributed by atoms with E-state index in [1.54, 1.807) is 13.8 Å². The molecule has 0 saturated heterocycles. The summed E-state index contributed by atoms with van der Waals surface area (Å²) in [5.74, 6) is -3.16. The minimum absolute atomic E-state index is 0. The van der Waals surface area contributed by atoms with E-state index in [2.05, 4.69) is 0 Å². The maximum atomic E-state index is 10.2. The second kappa shape index (κ2) is 13.0. The Labute approximate surface area is 114 Å². The maximum absolute atomic E-state index is 10.2. The first kappa shape index (κ1) is 21.3. The van der Waals surface area contributed by atoms with Crippen LogP contribution in [0.25, 0.3) is 0 Å². The second-order valence-corrected chi connectivity index (χ2v) is 2.88. The van der Waals surface area contributed by atoms with Crippen molar-refractivity contribution in [3.8, 4) is 0 Å². The molecular formula is C10H14O6Pt. The number of Topliss-reactive ketones (excluding diaryl/α,β-unsaturated/α-hetero) is 2. The normalized spacial score (nSPS) is 8.12. The molecule has 0 amide bonds. The first-order valence-corrected chi connectivity index (χ1v) is 4.76. The van der Waals surface area contributed by atoms with Crippen LogP contribution in [0.1, 0.15) is 39.5 Å². The van der Waals surface area contributed by atoms with E-state index in [0.717, 1.165) is 0 Å². The van der Waals surface area contributed by atoms with Gasteiger partial charge in [-0.2, -0.15) is 0 Å². The standard InChI is InChI=1S/2C5H8O3.Pt/c2*1-2-4(6)3-5(7)8;/h2*2-3H2,1H3,(H,7,8);/q;;+2/p-2. The van der Waals surface area contributed by atoms with Gasteiger partial charge in [0.05, 0.1) is 0 Å². The van der Waals surface area contributed by atoms with Crippen molar-refractivity contribution >= 4 is 23.5 Å². The SMILES string of the molecule is CCC(=O)CC(=O)[O-].CCC(=O)CC(=O)[O-].[Pt+2]. The van der Waals surface area contributed by atoms with Crippen molar-refractivity contribution in [2.75, 3.05) is 0 Å². The molecule has 0 radical (unpaired) electrons. The topological polar surface area (TPSA) is 114 Å². The van der Waals surface area contributed by atoms with Gasteiger partial charge in [-0.05, 0) is 0 Å². The van der Waals surface area contributed by atoms with Crippen molar-refractivity contribution in [3.05, 3.63) is 0 Å². The van der Waals surface area contributed by atoms with Crippen molar-refractivity contribution in [1.29, 1.82) is 0 Å². The molecule has 6 nitrogen and oxygen atoms in total. The Kier molecular flexibility index (Phi) is 16.3. The summed E-state index contributed by atoms with van der Waals surface area (Å²) in [6, 6.07) is 0. The van der Waals surface area contributed by atoms with E-state index in [9.17, 15) is 29.4 Å². The van der Waals surface area contributed by atoms with Gasteiger partial charge in [0, 0.05) is 37.6 Å². The quantitative estimate of drug-likeness (QED) is 0.465. The first-order chi connectivity index (χ1) is 7.33. The molecule has 0 spiro atoms. The van der Waals surface area contributed by atoms with E-state index in [4.69, 9.17) is 0 Å². The third kappa shape index (κ3) is 20.9. The zero-order chi connectivity index (χ0) is 13.1. The molecule has 0 N–H and O–H groups in total. The van der Waals surface area contributed by atoms with Crippen molar-refractivity contribution in [1.82, 2.24) is 0 Å². The summed E-state index contributed by atoms with van der Waals surface area (Å²) in [6.45, 7) is 3.23. The van der Waals surface area contributed by atoms with E-state index in [1.807, 2.05) is 0 Å². The summed E-state index contributed by atoms with van der Waals surface area (Å²) < 4.78 is 0. The van der Waals surface area contributed by atoms with Gasteiger partial charge in [-0.3, -0.25) is 9.59 Å². The van der Waals surface area contributed by atoms with Crippen molar-refractivity contribution < 1.29 is 50.5 Å². The van der Waals surface area contributed by atoms with E-state index < -0.39 is 24.8 Å². The number of rotatable bonds is 6. The van der Waals surface area contributed by atoms with Crippen LogP contribution in [-0.4, -0.2) is 23.5 Å². The molecule has 0 unspecified atom stereocenters. The number of aliphatic carboxylic acids is 2. The number of hydrogen-bond donors (Lipinski definition) is 0. The van der Waals surface area contributed by atoms with Crippen molar-refractivity contribution in [3.63, 3.8) is 0 Å². The molecule has 0 aromatic heterocycles. The first-order valence-electron chi connectivity index (χ1n) is 4.76. The number of carboxylic acids is 2. The molecule has 0 aromatic carbocycles. The average molecular weight is 425 g/mol. The predicted molar refractivity (Wildman–Crippen MR) is 49.8 cm³/mol. The molecule has 0 aliphatic carbocycles. The van der Waals surface area contributed by atoms with E-state index in [0.29, 0.717) is 0 Å². The van der Waals surface area contributed by atoms with Crippen LogP contribution in [0.4, 0.5) is 0 Å². The van der Waals surface area contributed by atoms with Crippen LogP contribution in [-0.2, 0) is 40.2 Å². The summed E-state index contributed by atoms with van der Waals surface area (Å²) in [7, 11) is 0. The number of carboxylic acid groups (broad SMARTS) is 2. The summed E-state index contributed by atoms with van der Waals surface area (Å²) in [6.07, 6.45) is -0.352. The Balaban J connectivity index is -0.000000218. The van der Waals surface area contributed by atoms with Gasteiger partial charge in [-0.15, -0.1) is 0 Å². The molecule has 0 aliphatic heterocycles. The molecule has 0 rings (SSSR count). The Morgan fingerprint density at radius 2 is 1.00 bits per heavy atom. The number of hydrogen-bond acceptors (Lipinski definition) is 6. The Morgan fingerprint density at radius 3 is 1.06 bits per heavy atom. The smallest absolute Gasteiger partial charge is 0.550 e. The minimum atomic E-state index is -1.29. The van der Waals surface area contributed by atoms with Crippen LogP contribution in [0.2, 0.25) is 0 Å². The van der Waals surface area contributed by atoms with Crippen molar-refractivity contribution in [2.45, 2.75) is 39.5 Å². The van der Waals surface area contributed by atoms with Gasteiger partial charge >= 0.3 is 21.1 Å². The third-order valence-electron chi connectivity index (χ3n) is 1.47. The molecule has 0 fully saturated rings. The summed E-state index contributed by atoms with van der Waals surface area (Å²) in [5.41, 5.74) is 0. The molecule has 0 aromatic rings. The Bertz CT molecular complexity index is 246. The van der Waals surface area contributed by atoms with Gasteiger partial charge in [0.25, 0.3) is 0 Å². The van der Waals surface area contributed by atoms with Gasteiger partial charge in [0.2, 0.25) is 0 Å². The number of carbonyl (C=O) groups excluding carboxylic acids is 4. The second-order valence-electron chi connectivity index (χ2n) is 2.88. The number of ketones is 2. The summed E-state index contributed by atoms with van der Waals surface area (Å²) in [4.78, 5) is 39.7. The van der Waals surface area contributed by atoms with Crippen LogP contribution in [0.3, 0.4) is 0 Å². The number of carbonyl (C=O) groups is 4. The fourth-order valence-corrected chi connectivity index (χ4v) is 0.572. The van der Waals surface area contributed by atoms with E-state index in [-0.39, 0.29) is 45.5 Å². The van der Waals surface area contributed by atoms with Crippen LogP contribution in [0, 0.1) is 0 Å². The molecule has 0 bridgehead atoms. The summed E-state index contributed by atoms with van der Waals surface area (Å²) >= 11 is 0. The monoisotopic (exact) mass is 425 g/mol. The fourth-order valence-electron chi connectivity index (χ4n) is 0.572. The molecule has 7 heteroatoms. The van der Waals surface area contributed by atoms with Gasteiger partial charge in [0.1, 0.15) is 11.6 Å². The molecule has 100 valence electrons. The zero-order valence-corrected chi connectivity index (χ0v) is 11.9. The van der Waals surface area contributed by atoms with E-state index >= 15 is 0 Å². The molecular weight excluding hydrogens is 411 g/mol. The van der Waals surface area contributed by atoms with Crippen LogP contribution in [0.5, 0.6) is 0 Å². The largest absolute Gasteiger partial charge is 2.00 e. The Hall–Kier alpha value is -1.03. The summed E-state index contributed by atoms with van der Waals surface area (Å²) in [5, 5.41) is 19.3. The zero-order valence-electron chi connectivity index (χ0n) is 9.59. The van der Waals surface area contributed by atoms with Crippen LogP contribution >= 0.6 is 0 Å². The van der Waals surface area contributed by atoms with Gasteiger partial charge < -0.3 is 19.8 Å². The van der Waals surface area contributed by atoms with E-state index in [1.165, 1.54) is 0 Å². The van der Waals surface area contributed by atoms with Crippen molar-refractivity contribution in [2.24, 2.45) is 0 Å². The maximum Gasteiger partial charge on any atom is 2.00 e. The van der Waals surface area contributed by atoms with Gasteiger partial charge in [-0.1, -0.05) is 13.8 Å². The van der Waals surface area contributed by atoms with Gasteiger partial charge in [0.15, 0.2) is 0 Å². The average Bonchev–Trinajstić information content (AvgIpc) is 2.16. The van der Waals surface area contributed by atoms with Crippen LogP contribution < -0.4 is 10.2 Å². The van der Waals surface area contributed by atoms with Gasteiger partial charge in [-0.25, -0.2) is 0 Å². The molecule has 0 saturated carbocycles. The predicted octanol–water partition coefficient (Wildman–Crippen LogP) is -1.79. The third-order valence-corrected chi connectivity index (χ3v) is 1.47. The fraction of sp³-hybridized carbons (Fsp3) is 0.600. The molecule has 0 aliphatic rings. The minimum Gasteiger partial charge on any atom is -0.550 e. The molecule has 0 atom stereocenters.